The lowest BCUT2D eigenvalue weighted by Crippen LogP contribution is -2.50. The number of aliphatic hydroxyl groups is 1. The van der Waals surface area contributed by atoms with Gasteiger partial charge in [0.25, 0.3) is 0 Å². The summed E-state index contributed by atoms with van der Waals surface area (Å²) in [6.45, 7) is 4.78. The Hall–Kier alpha value is -0.120. The Morgan fingerprint density at radius 2 is 2.04 bits per heavy atom. The molecule has 3 rings (SSSR count). The third kappa shape index (κ3) is 5.17. The number of hydrogen-bond acceptors (Lipinski definition) is 4. The second-order valence-corrected chi connectivity index (χ2v) is 7.05. The highest BCUT2D eigenvalue weighted by molar-refractivity contribution is 14.0. The van der Waals surface area contributed by atoms with E-state index in [2.05, 4.69) is 20.5 Å². The minimum atomic E-state index is -0.0639. The highest BCUT2D eigenvalue weighted by atomic mass is 127. The van der Waals surface area contributed by atoms with Gasteiger partial charge >= 0.3 is 0 Å². The lowest BCUT2D eigenvalue weighted by atomic mass is 9.81. The molecule has 3 N–H and O–H groups in total. The molecule has 23 heavy (non-hydrogen) atoms. The first-order valence-corrected chi connectivity index (χ1v) is 8.64. The Morgan fingerprint density at radius 1 is 1.30 bits per heavy atom. The number of aliphatic hydroxyl groups excluding tert-OH is 1. The van der Waals surface area contributed by atoms with Gasteiger partial charge in [0.1, 0.15) is 0 Å². The van der Waals surface area contributed by atoms with E-state index in [-0.39, 0.29) is 36.0 Å². The average molecular weight is 438 g/mol. The molecule has 0 amide bonds. The van der Waals surface area contributed by atoms with Crippen LogP contribution in [0.4, 0.5) is 0 Å². The molecule has 0 spiro atoms. The van der Waals surface area contributed by atoms with Crippen molar-refractivity contribution in [3.8, 4) is 0 Å². The molecule has 6 nitrogen and oxygen atoms in total. The van der Waals surface area contributed by atoms with Gasteiger partial charge < -0.3 is 20.5 Å². The summed E-state index contributed by atoms with van der Waals surface area (Å²) >= 11 is 0. The van der Waals surface area contributed by atoms with Crippen molar-refractivity contribution in [3.05, 3.63) is 0 Å². The molecule has 134 valence electrons. The van der Waals surface area contributed by atoms with Gasteiger partial charge in [-0.25, -0.2) is 0 Å². The van der Waals surface area contributed by atoms with Crippen LogP contribution in [0.1, 0.15) is 32.1 Å². The number of halogens is 1. The van der Waals surface area contributed by atoms with Gasteiger partial charge in [-0.15, -0.1) is 24.0 Å². The fourth-order valence-electron chi connectivity index (χ4n) is 3.53. The minimum absolute atomic E-state index is 0. The van der Waals surface area contributed by atoms with Crippen LogP contribution in [0.25, 0.3) is 0 Å². The summed E-state index contributed by atoms with van der Waals surface area (Å²) in [4.78, 5) is 6.95. The molecule has 0 aromatic carbocycles. The highest BCUT2D eigenvalue weighted by Gasteiger charge is 2.35. The first kappa shape index (κ1) is 19.2. The molecule has 1 unspecified atom stereocenters. The van der Waals surface area contributed by atoms with Gasteiger partial charge in [0.2, 0.25) is 0 Å². The molecule has 1 aliphatic carbocycles. The van der Waals surface area contributed by atoms with E-state index in [0.29, 0.717) is 6.04 Å². The minimum Gasteiger partial charge on any atom is -0.396 e. The predicted octanol–water partition coefficient (Wildman–Crippen LogP) is 0.795. The van der Waals surface area contributed by atoms with E-state index in [9.17, 15) is 5.11 Å². The Kier molecular flexibility index (Phi) is 7.37. The Bertz CT molecular complexity index is 398. The van der Waals surface area contributed by atoms with E-state index in [1.54, 1.807) is 0 Å². The zero-order valence-corrected chi connectivity index (χ0v) is 16.4. The molecule has 2 aliphatic heterocycles. The standard InChI is InChI=1S/C16H30N4O2.HI/c1-17-15(18-11-16(12-21)5-8-22-9-6-16)19-13-4-7-20(10-13)14-2-3-14;/h13-14,21H,2-12H2,1H3,(H2,17,18,19);1H. The number of ether oxygens (including phenoxy) is 1. The van der Waals surface area contributed by atoms with Crippen LogP contribution in [0.15, 0.2) is 4.99 Å². The Balaban J connectivity index is 0.00000192. The van der Waals surface area contributed by atoms with E-state index in [4.69, 9.17) is 4.74 Å². The fourth-order valence-corrected chi connectivity index (χ4v) is 3.53. The second-order valence-electron chi connectivity index (χ2n) is 7.05. The number of aliphatic imine (C=N–C) groups is 1. The average Bonchev–Trinajstić information content (AvgIpc) is 3.32. The fraction of sp³-hybridized carbons (Fsp3) is 0.938. The molecule has 0 aromatic heterocycles. The van der Waals surface area contributed by atoms with Crippen molar-refractivity contribution in [1.82, 2.24) is 15.5 Å². The summed E-state index contributed by atoms with van der Waals surface area (Å²) in [5.41, 5.74) is -0.0639. The molecule has 0 bridgehead atoms. The molecule has 1 saturated carbocycles. The third-order valence-electron chi connectivity index (χ3n) is 5.37. The lowest BCUT2D eigenvalue weighted by molar-refractivity contribution is -0.0132. The molecule has 7 heteroatoms. The predicted molar refractivity (Wildman–Crippen MR) is 102 cm³/mol. The Morgan fingerprint density at radius 3 is 2.65 bits per heavy atom. The summed E-state index contributed by atoms with van der Waals surface area (Å²) in [6.07, 6.45) is 5.76. The van der Waals surface area contributed by atoms with E-state index in [0.717, 1.165) is 51.1 Å². The summed E-state index contributed by atoms with van der Waals surface area (Å²) in [6, 6.07) is 1.34. The first-order chi connectivity index (χ1) is 10.7. The molecule has 2 heterocycles. The van der Waals surface area contributed by atoms with Crippen LogP contribution in [0.2, 0.25) is 0 Å². The smallest absolute Gasteiger partial charge is 0.191 e. The summed E-state index contributed by atoms with van der Waals surface area (Å²) < 4.78 is 5.42. The van der Waals surface area contributed by atoms with Gasteiger partial charge in [0.05, 0.1) is 6.61 Å². The SMILES string of the molecule is CN=C(NCC1(CO)CCOCC1)NC1CCN(C2CC2)C1.I. The highest BCUT2D eigenvalue weighted by Crippen LogP contribution is 2.30. The number of guanidine groups is 1. The van der Waals surface area contributed by atoms with Crippen LogP contribution >= 0.6 is 24.0 Å². The molecule has 2 saturated heterocycles. The van der Waals surface area contributed by atoms with Crippen LogP contribution < -0.4 is 10.6 Å². The monoisotopic (exact) mass is 438 g/mol. The molecular formula is C16H31IN4O2. The van der Waals surface area contributed by atoms with Crippen LogP contribution in [-0.2, 0) is 4.74 Å². The molecule has 0 aromatic rings. The van der Waals surface area contributed by atoms with Gasteiger partial charge in [-0.3, -0.25) is 9.89 Å². The number of nitrogens with zero attached hydrogens (tertiary/aromatic N) is 2. The maximum absolute atomic E-state index is 9.75. The molecule has 0 radical (unpaired) electrons. The summed E-state index contributed by atoms with van der Waals surface area (Å²) in [5, 5.41) is 16.7. The molecule has 3 aliphatic rings. The van der Waals surface area contributed by atoms with Gasteiger partial charge in [-0.05, 0) is 32.1 Å². The largest absolute Gasteiger partial charge is 0.396 e. The van der Waals surface area contributed by atoms with Crippen molar-refractivity contribution < 1.29 is 9.84 Å². The normalized spacial score (nSPS) is 28.3. The van der Waals surface area contributed by atoms with Crippen molar-refractivity contribution in [2.75, 3.05) is 46.5 Å². The van der Waals surface area contributed by atoms with Crippen molar-refractivity contribution in [2.24, 2.45) is 10.4 Å². The van der Waals surface area contributed by atoms with E-state index >= 15 is 0 Å². The zero-order chi connectivity index (χ0) is 15.4. The van der Waals surface area contributed by atoms with Crippen molar-refractivity contribution in [2.45, 2.75) is 44.2 Å². The quantitative estimate of drug-likeness (QED) is 0.337. The van der Waals surface area contributed by atoms with E-state index in [1.807, 2.05) is 7.05 Å². The molecule has 3 fully saturated rings. The maximum Gasteiger partial charge on any atom is 0.191 e. The number of hydrogen-bond donors (Lipinski definition) is 3. The van der Waals surface area contributed by atoms with E-state index < -0.39 is 0 Å². The van der Waals surface area contributed by atoms with Gasteiger partial charge in [0.15, 0.2) is 5.96 Å². The van der Waals surface area contributed by atoms with Crippen LogP contribution in [0.3, 0.4) is 0 Å². The molecule has 1 atom stereocenters. The van der Waals surface area contributed by atoms with Crippen LogP contribution in [0.5, 0.6) is 0 Å². The summed E-state index contributed by atoms with van der Waals surface area (Å²) in [7, 11) is 1.82. The zero-order valence-electron chi connectivity index (χ0n) is 14.1. The second kappa shape index (κ2) is 8.82. The van der Waals surface area contributed by atoms with Crippen LogP contribution in [0, 0.1) is 5.41 Å². The van der Waals surface area contributed by atoms with Crippen LogP contribution in [-0.4, -0.2) is 74.6 Å². The van der Waals surface area contributed by atoms with Crippen molar-refractivity contribution >= 4 is 29.9 Å². The molecular weight excluding hydrogens is 407 g/mol. The van der Waals surface area contributed by atoms with E-state index in [1.165, 1.54) is 25.8 Å². The third-order valence-corrected chi connectivity index (χ3v) is 5.37. The van der Waals surface area contributed by atoms with Crippen molar-refractivity contribution in [3.63, 3.8) is 0 Å². The summed E-state index contributed by atoms with van der Waals surface area (Å²) in [5.74, 6) is 0.863. The first-order valence-electron chi connectivity index (χ1n) is 8.64. The lowest BCUT2D eigenvalue weighted by Gasteiger charge is -2.36. The number of likely N-dealkylation sites (tertiary alicyclic amines) is 1. The van der Waals surface area contributed by atoms with Gasteiger partial charge in [-0.2, -0.15) is 0 Å². The van der Waals surface area contributed by atoms with Gasteiger partial charge in [-0.1, -0.05) is 0 Å². The number of rotatable bonds is 5. The van der Waals surface area contributed by atoms with Crippen molar-refractivity contribution in [1.29, 1.82) is 0 Å². The van der Waals surface area contributed by atoms with Gasteiger partial charge in [0, 0.05) is 57.4 Å². The maximum atomic E-state index is 9.75. The topological polar surface area (TPSA) is 69.1 Å². The number of nitrogens with one attached hydrogen (secondary N) is 2. The Labute approximate surface area is 156 Å².